The second kappa shape index (κ2) is 6.59. The van der Waals surface area contributed by atoms with Crippen LogP contribution < -0.4 is 0 Å². The van der Waals surface area contributed by atoms with Crippen molar-refractivity contribution in [1.82, 2.24) is 19.9 Å². The zero-order valence-corrected chi connectivity index (χ0v) is 14.6. The number of rotatable bonds is 3. The zero-order valence-electron chi connectivity index (χ0n) is 14.6. The molecule has 3 aromatic rings. The molecule has 0 aliphatic carbocycles. The van der Waals surface area contributed by atoms with E-state index in [1.807, 2.05) is 0 Å². The highest BCUT2D eigenvalue weighted by molar-refractivity contribution is 5.76. The maximum atomic E-state index is 13.3. The van der Waals surface area contributed by atoms with Gasteiger partial charge < -0.3 is 14.5 Å². The number of aromatic nitrogens is 4. The fourth-order valence-corrected chi connectivity index (χ4v) is 2.79. The molecule has 1 aliphatic heterocycles. The van der Waals surface area contributed by atoms with E-state index < -0.39 is 6.29 Å². The van der Waals surface area contributed by atoms with E-state index in [2.05, 4.69) is 33.8 Å². The minimum Gasteiger partial charge on any atom is -0.345 e. The monoisotopic (exact) mass is 354 g/mol. The fourth-order valence-electron chi connectivity index (χ4n) is 2.79. The molecule has 1 N–H and O–H groups in total. The maximum Gasteiger partial charge on any atom is 0.217 e. The lowest BCUT2D eigenvalue weighted by molar-refractivity contribution is -0.229. The van der Waals surface area contributed by atoms with Gasteiger partial charge in [-0.3, -0.25) is 0 Å². The summed E-state index contributed by atoms with van der Waals surface area (Å²) in [5.41, 5.74) is 2.81. The van der Waals surface area contributed by atoms with E-state index in [0.29, 0.717) is 36.1 Å². The Hall–Kier alpha value is -2.64. The van der Waals surface area contributed by atoms with Crippen molar-refractivity contribution in [2.24, 2.45) is 5.41 Å². The Bertz CT molecular complexity index is 884. The van der Waals surface area contributed by atoms with Gasteiger partial charge in [0.05, 0.1) is 30.3 Å². The van der Waals surface area contributed by atoms with Crippen molar-refractivity contribution in [3.05, 3.63) is 54.5 Å². The van der Waals surface area contributed by atoms with Crippen LogP contribution in [0.5, 0.6) is 0 Å². The second-order valence-electron chi connectivity index (χ2n) is 7.07. The molecule has 1 fully saturated rings. The summed E-state index contributed by atoms with van der Waals surface area (Å²) in [5, 5.41) is 0. The first-order valence-electron chi connectivity index (χ1n) is 8.37. The van der Waals surface area contributed by atoms with Crippen molar-refractivity contribution in [2.75, 3.05) is 13.2 Å². The number of H-pyrrole nitrogens is 1. The molecule has 4 rings (SSSR count). The van der Waals surface area contributed by atoms with Gasteiger partial charge in [0.25, 0.3) is 0 Å². The molecule has 6 nitrogen and oxygen atoms in total. The minimum atomic E-state index is -0.571. The van der Waals surface area contributed by atoms with E-state index >= 15 is 0 Å². The number of aromatic amines is 1. The molecule has 26 heavy (non-hydrogen) atoms. The molecule has 1 saturated heterocycles. The molecule has 0 saturated carbocycles. The number of benzene rings is 1. The van der Waals surface area contributed by atoms with Crippen molar-refractivity contribution in [3.8, 4) is 22.6 Å². The van der Waals surface area contributed by atoms with Gasteiger partial charge in [0, 0.05) is 17.2 Å². The van der Waals surface area contributed by atoms with Crippen molar-refractivity contribution in [2.45, 2.75) is 20.1 Å². The second-order valence-corrected chi connectivity index (χ2v) is 7.07. The summed E-state index contributed by atoms with van der Waals surface area (Å²) in [6, 6.07) is 7.97. The van der Waals surface area contributed by atoms with Crippen LogP contribution in [-0.4, -0.2) is 33.1 Å². The first kappa shape index (κ1) is 16.8. The summed E-state index contributed by atoms with van der Waals surface area (Å²) in [6.45, 7) is 5.32. The van der Waals surface area contributed by atoms with E-state index in [-0.39, 0.29) is 11.2 Å². The third kappa shape index (κ3) is 3.36. The number of imidazole rings is 1. The van der Waals surface area contributed by atoms with Crippen molar-refractivity contribution in [1.29, 1.82) is 0 Å². The number of nitrogens with zero attached hydrogens (tertiary/aromatic N) is 3. The molecule has 7 heteroatoms. The fraction of sp³-hybridized carbons (Fsp3) is 0.316. The van der Waals surface area contributed by atoms with Crippen molar-refractivity contribution >= 4 is 0 Å². The van der Waals surface area contributed by atoms with Crippen LogP contribution in [0.2, 0.25) is 0 Å². The van der Waals surface area contributed by atoms with E-state index in [1.165, 1.54) is 18.5 Å². The molecule has 0 atom stereocenters. The highest BCUT2D eigenvalue weighted by atomic mass is 19.1. The molecule has 2 aromatic heterocycles. The van der Waals surface area contributed by atoms with Gasteiger partial charge in [0.1, 0.15) is 12.1 Å². The number of halogens is 1. The summed E-state index contributed by atoms with van der Waals surface area (Å²) < 4.78 is 25.0. The summed E-state index contributed by atoms with van der Waals surface area (Å²) in [4.78, 5) is 16.2. The zero-order chi connectivity index (χ0) is 18.1. The summed E-state index contributed by atoms with van der Waals surface area (Å²) in [5.74, 6) is 0.266. The summed E-state index contributed by atoms with van der Waals surface area (Å²) in [6.07, 6.45) is 2.56. The number of nitrogens with one attached hydrogen (secondary N) is 1. The minimum absolute atomic E-state index is 0.0294. The Morgan fingerprint density at radius 2 is 1.85 bits per heavy atom. The number of ether oxygens (including phenoxy) is 2. The van der Waals surface area contributed by atoms with Crippen LogP contribution in [0.25, 0.3) is 22.6 Å². The van der Waals surface area contributed by atoms with Crippen LogP contribution in [0.1, 0.15) is 26.0 Å². The highest BCUT2D eigenvalue weighted by Crippen LogP contribution is 2.34. The smallest absolute Gasteiger partial charge is 0.217 e. The predicted octanol–water partition coefficient (Wildman–Crippen LogP) is 3.74. The van der Waals surface area contributed by atoms with Gasteiger partial charge in [-0.05, 0) is 30.3 Å². The topological polar surface area (TPSA) is 72.9 Å². The Morgan fingerprint density at radius 1 is 1.12 bits per heavy atom. The summed E-state index contributed by atoms with van der Waals surface area (Å²) >= 11 is 0. The number of hydrogen-bond donors (Lipinski definition) is 1. The summed E-state index contributed by atoms with van der Waals surface area (Å²) in [7, 11) is 0. The van der Waals surface area contributed by atoms with Crippen molar-refractivity contribution < 1.29 is 13.9 Å². The SMILES string of the molecule is CC1(C)COC(c2nc(-c3ccc(F)cc3)c(-c3ccncn3)[nH]2)OC1. The quantitative estimate of drug-likeness (QED) is 0.776. The van der Waals surface area contributed by atoms with E-state index in [0.717, 1.165) is 5.56 Å². The van der Waals surface area contributed by atoms with Crippen LogP contribution in [-0.2, 0) is 9.47 Å². The third-order valence-corrected chi connectivity index (χ3v) is 4.15. The van der Waals surface area contributed by atoms with Crippen LogP contribution in [0.15, 0.2) is 42.9 Å². The van der Waals surface area contributed by atoms with Crippen molar-refractivity contribution in [3.63, 3.8) is 0 Å². The average Bonchev–Trinajstić information content (AvgIpc) is 3.08. The molecule has 3 heterocycles. The Balaban J connectivity index is 1.74. The Morgan fingerprint density at radius 3 is 2.50 bits per heavy atom. The average molecular weight is 354 g/mol. The lowest BCUT2D eigenvalue weighted by Gasteiger charge is -2.33. The Labute approximate surface area is 150 Å². The van der Waals surface area contributed by atoms with Gasteiger partial charge in [-0.15, -0.1) is 0 Å². The first-order chi connectivity index (χ1) is 12.5. The van der Waals surface area contributed by atoms with E-state index in [9.17, 15) is 4.39 Å². The standard InChI is InChI=1S/C19H19FN4O2/c1-19(2)9-25-18(26-10-19)17-23-15(12-3-5-13(20)6-4-12)16(24-17)14-7-8-21-11-22-14/h3-8,11,18H,9-10H2,1-2H3,(H,23,24). The maximum absolute atomic E-state index is 13.3. The van der Waals surface area contributed by atoms with Gasteiger partial charge in [0.2, 0.25) is 6.29 Å². The molecule has 0 bridgehead atoms. The molecular weight excluding hydrogens is 335 g/mol. The lowest BCUT2D eigenvalue weighted by Crippen LogP contribution is -2.34. The predicted molar refractivity (Wildman–Crippen MR) is 93.4 cm³/mol. The van der Waals surface area contributed by atoms with E-state index in [4.69, 9.17) is 9.47 Å². The molecule has 0 unspecified atom stereocenters. The lowest BCUT2D eigenvalue weighted by atomic mass is 9.96. The molecule has 0 amide bonds. The van der Waals surface area contributed by atoms with Crippen LogP contribution in [0.3, 0.4) is 0 Å². The van der Waals surface area contributed by atoms with Crippen LogP contribution in [0, 0.1) is 11.2 Å². The van der Waals surface area contributed by atoms with Gasteiger partial charge in [0.15, 0.2) is 5.82 Å². The third-order valence-electron chi connectivity index (χ3n) is 4.15. The van der Waals surface area contributed by atoms with Gasteiger partial charge in [-0.25, -0.2) is 19.3 Å². The molecule has 1 aromatic carbocycles. The van der Waals surface area contributed by atoms with Gasteiger partial charge in [-0.1, -0.05) is 13.8 Å². The van der Waals surface area contributed by atoms with Crippen LogP contribution >= 0.6 is 0 Å². The van der Waals surface area contributed by atoms with Gasteiger partial charge in [-0.2, -0.15) is 0 Å². The van der Waals surface area contributed by atoms with E-state index in [1.54, 1.807) is 24.4 Å². The first-order valence-corrected chi connectivity index (χ1v) is 8.37. The van der Waals surface area contributed by atoms with Crippen LogP contribution in [0.4, 0.5) is 4.39 Å². The molecule has 1 aliphatic rings. The normalized spacial score (nSPS) is 17.3. The van der Waals surface area contributed by atoms with Gasteiger partial charge >= 0.3 is 0 Å². The largest absolute Gasteiger partial charge is 0.345 e. The molecule has 0 spiro atoms. The molecule has 134 valence electrons. The Kier molecular flexibility index (Phi) is 4.26. The number of hydrogen-bond acceptors (Lipinski definition) is 5. The molecular formula is C19H19FN4O2. The highest BCUT2D eigenvalue weighted by Gasteiger charge is 2.31. The molecule has 0 radical (unpaired) electrons.